The highest BCUT2D eigenvalue weighted by Gasteiger charge is 2.40. The number of halogens is 3. The molecule has 3 amide bonds. The summed E-state index contributed by atoms with van der Waals surface area (Å²) in [5.74, 6) is -1.61. The average Bonchev–Trinajstić information content (AvgIpc) is 3.58. The monoisotopic (exact) mass is 562 g/mol. The molecule has 0 radical (unpaired) electrons. The maximum atomic E-state index is 13.8. The lowest BCUT2D eigenvalue weighted by Gasteiger charge is -2.23. The number of alkyl halides is 3. The molecule has 1 aromatic carbocycles. The Kier molecular flexibility index (Phi) is 9.00. The molecule has 2 heterocycles. The van der Waals surface area contributed by atoms with Gasteiger partial charge in [0.1, 0.15) is 15.9 Å². The van der Waals surface area contributed by atoms with Gasteiger partial charge in [0, 0.05) is 0 Å². The number of aromatic nitrogens is 3. The minimum Gasteiger partial charge on any atom is -0.368 e. The fourth-order valence-corrected chi connectivity index (χ4v) is 5.45. The number of nitrogens with two attached hydrogens (primary N) is 1. The highest BCUT2D eigenvalue weighted by Crippen LogP contribution is 2.33. The summed E-state index contributed by atoms with van der Waals surface area (Å²) in [6, 6.07) is 6.87. The quantitative estimate of drug-likeness (QED) is 0.340. The van der Waals surface area contributed by atoms with Crippen molar-refractivity contribution in [2.24, 2.45) is 11.7 Å². The van der Waals surface area contributed by atoms with Crippen LogP contribution >= 0.6 is 11.3 Å². The van der Waals surface area contributed by atoms with Crippen LogP contribution in [-0.4, -0.2) is 38.5 Å². The number of carbonyl (C=O) groups excluding carboxylic acids is 3. The summed E-state index contributed by atoms with van der Waals surface area (Å²) >= 11 is 0.957. The molecule has 0 aliphatic heterocycles. The number of nitrogens with zero attached hydrogens (tertiary/aromatic N) is 3. The molecule has 0 saturated heterocycles. The second-order valence-electron chi connectivity index (χ2n) is 9.46. The summed E-state index contributed by atoms with van der Waals surface area (Å²) in [6.45, 7) is -0.203. The first-order chi connectivity index (χ1) is 18.6. The van der Waals surface area contributed by atoms with Gasteiger partial charge < -0.3 is 16.4 Å². The lowest BCUT2D eigenvalue weighted by molar-refractivity contribution is -0.143. The molecule has 1 atom stereocenters. The Balaban J connectivity index is 1.37. The van der Waals surface area contributed by atoms with Crippen molar-refractivity contribution < 1.29 is 27.6 Å². The molecule has 39 heavy (non-hydrogen) atoms. The van der Waals surface area contributed by atoms with E-state index in [0.717, 1.165) is 36.8 Å². The molecule has 3 aromatic rings. The molecule has 0 spiro atoms. The first-order valence-corrected chi connectivity index (χ1v) is 13.5. The highest BCUT2D eigenvalue weighted by molar-refractivity contribution is 7.13. The van der Waals surface area contributed by atoms with Crippen LogP contribution in [-0.2, 0) is 17.5 Å². The second-order valence-corrected chi connectivity index (χ2v) is 10.6. The van der Waals surface area contributed by atoms with Gasteiger partial charge in [-0.25, -0.2) is 9.67 Å². The predicted molar refractivity (Wildman–Crippen MR) is 138 cm³/mol. The molecule has 1 fully saturated rings. The molecule has 9 nitrogen and oxygen atoms in total. The third-order valence-corrected chi connectivity index (χ3v) is 7.69. The molecular formula is C26H29F3N6O3S. The smallest absolute Gasteiger partial charge is 0.368 e. The van der Waals surface area contributed by atoms with Gasteiger partial charge in [-0.1, -0.05) is 50.3 Å². The van der Waals surface area contributed by atoms with E-state index in [9.17, 15) is 27.6 Å². The molecule has 1 saturated carbocycles. The molecule has 0 bridgehead atoms. The summed E-state index contributed by atoms with van der Waals surface area (Å²) in [7, 11) is 0. The van der Waals surface area contributed by atoms with Gasteiger partial charge >= 0.3 is 6.18 Å². The minimum absolute atomic E-state index is 0.160. The standard InChI is InChI=1S/C26H29F3N6O3S/c27-26(28,29)22-18(13-33-35(22)17-9-5-2-6-10-17)24(37)32-15-21-31-14-20(39-21)25(38)34-19(23(30)36)12-11-16-7-3-1-4-8-16/h2,5-6,9-10,13-14,16,19H,1,3-4,7-8,11-12,15H2,(H2,30,36)(H,32,37)(H,34,38)/t19-/m0/s1. The summed E-state index contributed by atoms with van der Waals surface area (Å²) in [5.41, 5.74) is 3.83. The van der Waals surface area contributed by atoms with Crippen LogP contribution in [0.15, 0.2) is 42.7 Å². The van der Waals surface area contributed by atoms with Crippen molar-refractivity contribution in [3.63, 3.8) is 0 Å². The van der Waals surface area contributed by atoms with Crippen molar-refractivity contribution in [2.45, 2.75) is 63.7 Å². The summed E-state index contributed by atoms with van der Waals surface area (Å²) in [4.78, 5) is 41.6. The van der Waals surface area contributed by atoms with Crippen molar-refractivity contribution in [3.05, 3.63) is 63.9 Å². The van der Waals surface area contributed by atoms with Crippen LogP contribution < -0.4 is 16.4 Å². The van der Waals surface area contributed by atoms with Crippen LogP contribution in [0, 0.1) is 5.92 Å². The fraction of sp³-hybridized carbons (Fsp3) is 0.423. The van der Waals surface area contributed by atoms with Crippen LogP contribution in [0.1, 0.15) is 75.7 Å². The summed E-state index contributed by atoms with van der Waals surface area (Å²) in [6.07, 6.45) is 4.36. The first kappa shape index (κ1) is 28.3. The van der Waals surface area contributed by atoms with Crippen molar-refractivity contribution >= 4 is 29.1 Å². The first-order valence-electron chi connectivity index (χ1n) is 12.7. The SMILES string of the molecule is NC(=O)[C@H](CCC1CCCCC1)NC(=O)c1cnc(CNC(=O)c2cnn(-c3ccccc3)c2C(F)(F)F)s1. The Labute approximate surface area is 227 Å². The third kappa shape index (κ3) is 7.22. The highest BCUT2D eigenvalue weighted by atomic mass is 32.1. The maximum absolute atomic E-state index is 13.8. The Hall–Kier alpha value is -3.74. The van der Waals surface area contributed by atoms with E-state index in [-0.39, 0.29) is 17.1 Å². The largest absolute Gasteiger partial charge is 0.434 e. The molecule has 4 N–H and O–H groups in total. The number of hydrogen-bond acceptors (Lipinski definition) is 6. The number of rotatable bonds is 10. The number of amides is 3. The lowest BCUT2D eigenvalue weighted by Crippen LogP contribution is -2.44. The van der Waals surface area contributed by atoms with Gasteiger partial charge in [-0.15, -0.1) is 11.3 Å². The van der Waals surface area contributed by atoms with Gasteiger partial charge in [0.25, 0.3) is 11.8 Å². The zero-order valence-corrected chi connectivity index (χ0v) is 21.9. The zero-order chi connectivity index (χ0) is 28.0. The Morgan fingerprint density at radius 1 is 1.08 bits per heavy atom. The van der Waals surface area contributed by atoms with E-state index in [4.69, 9.17) is 5.73 Å². The summed E-state index contributed by atoms with van der Waals surface area (Å²) < 4.78 is 42.2. The molecular weight excluding hydrogens is 533 g/mol. The van der Waals surface area contributed by atoms with Crippen LogP contribution in [0.2, 0.25) is 0 Å². The third-order valence-electron chi connectivity index (χ3n) is 6.70. The number of hydrogen-bond donors (Lipinski definition) is 3. The van der Waals surface area contributed by atoms with E-state index in [1.807, 2.05) is 0 Å². The maximum Gasteiger partial charge on any atom is 0.434 e. The van der Waals surface area contributed by atoms with E-state index < -0.39 is 41.2 Å². The predicted octanol–water partition coefficient (Wildman–Crippen LogP) is 4.22. The van der Waals surface area contributed by atoms with E-state index in [2.05, 4.69) is 20.7 Å². The molecule has 1 aliphatic carbocycles. The topological polar surface area (TPSA) is 132 Å². The van der Waals surface area contributed by atoms with Gasteiger partial charge in [-0.2, -0.15) is 18.3 Å². The van der Waals surface area contributed by atoms with Crippen molar-refractivity contribution in [3.8, 4) is 5.69 Å². The number of para-hydroxylation sites is 1. The molecule has 0 unspecified atom stereocenters. The molecule has 1 aliphatic rings. The molecule has 13 heteroatoms. The Morgan fingerprint density at radius 3 is 2.46 bits per heavy atom. The van der Waals surface area contributed by atoms with Gasteiger partial charge in [0.15, 0.2) is 5.69 Å². The van der Waals surface area contributed by atoms with Gasteiger partial charge in [0.2, 0.25) is 5.91 Å². The Bertz CT molecular complexity index is 1300. The second kappa shape index (κ2) is 12.4. The average molecular weight is 563 g/mol. The normalized spacial score (nSPS) is 15.1. The van der Waals surface area contributed by atoms with E-state index in [1.54, 1.807) is 18.2 Å². The number of carbonyl (C=O) groups is 3. The van der Waals surface area contributed by atoms with Crippen molar-refractivity contribution in [1.29, 1.82) is 0 Å². The molecule has 2 aromatic heterocycles. The van der Waals surface area contributed by atoms with Crippen LogP contribution in [0.5, 0.6) is 0 Å². The zero-order valence-electron chi connectivity index (χ0n) is 21.0. The van der Waals surface area contributed by atoms with Gasteiger partial charge in [-0.3, -0.25) is 14.4 Å². The molecule has 4 rings (SSSR count). The number of thiazole rings is 1. The number of benzene rings is 1. The van der Waals surface area contributed by atoms with Gasteiger partial charge in [-0.05, 0) is 30.9 Å². The minimum atomic E-state index is -4.83. The van der Waals surface area contributed by atoms with Crippen molar-refractivity contribution in [1.82, 2.24) is 25.4 Å². The van der Waals surface area contributed by atoms with Crippen LogP contribution in [0.25, 0.3) is 5.69 Å². The van der Waals surface area contributed by atoms with E-state index >= 15 is 0 Å². The Morgan fingerprint density at radius 2 is 1.79 bits per heavy atom. The lowest BCUT2D eigenvalue weighted by atomic mass is 9.85. The van der Waals surface area contributed by atoms with Gasteiger partial charge in [0.05, 0.1) is 30.2 Å². The molecule has 208 valence electrons. The van der Waals surface area contributed by atoms with Crippen LogP contribution in [0.3, 0.4) is 0 Å². The number of primary amides is 1. The van der Waals surface area contributed by atoms with Crippen molar-refractivity contribution in [2.75, 3.05) is 0 Å². The summed E-state index contributed by atoms with van der Waals surface area (Å²) in [5, 5.41) is 9.14. The number of nitrogens with one attached hydrogen (secondary N) is 2. The van der Waals surface area contributed by atoms with E-state index in [1.165, 1.54) is 37.6 Å². The van der Waals surface area contributed by atoms with Crippen LogP contribution in [0.4, 0.5) is 13.2 Å². The van der Waals surface area contributed by atoms with E-state index in [0.29, 0.717) is 22.0 Å². The fourth-order valence-electron chi connectivity index (χ4n) is 4.69.